The molecule has 34 heavy (non-hydrogen) atoms. The predicted octanol–water partition coefficient (Wildman–Crippen LogP) is 5.49. The van der Waals surface area contributed by atoms with E-state index in [1.807, 2.05) is 48.6 Å². The number of hydrogen-bond donors (Lipinski definition) is 2. The van der Waals surface area contributed by atoms with Crippen molar-refractivity contribution in [1.29, 1.82) is 0 Å². The van der Waals surface area contributed by atoms with Gasteiger partial charge in [0.2, 0.25) is 0 Å². The number of nitrogens with one attached hydrogen (secondary N) is 2. The number of aromatic amines is 2. The number of nitrogens with zero attached hydrogens (tertiary/aromatic N) is 5. The second-order valence-corrected chi connectivity index (χ2v) is 9.18. The van der Waals surface area contributed by atoms with E-state index in [4.69, 9.17) is 4.98 Å². The van der Waals surface area contributed by atoms with Crippen LogP contribution >= 0.6 is 11.3 Å². The Morgan fingerprint density at radius 3 is 2.76 bits per heavy atom. The van der Waals surface area contributed by atoms with Crippen LogP contribution in [0, 0.1) is 5.82 Å². The number of para-hydroxylation sites is 1. The molecule has 5 heterocycles. The fraction of sp³-hybridized carbons (Fsp3) is 0.120. The molecule has 0 saturated heterocycles. The maximum atomic E-state index is 15.9. The van der Waals surface area contributed by atoms with E-state index >= 15 is 4.39 Å². The van der Waals surface area contributed by atoms with Gasteiger partial charge in [-0.05, 0) is 54.2 Å². The SMILES string of the molecule is CN(C)Cc1cncc(-c2ncc3[nH]nc(-c4nc5c(-c6ccsc6)cccc5[nH]4)c3c2F)c1. The van der Waals surface area contributed by atoms with Gasteiger partial charge in [-0.3, -0.25) is 15.1 Å². The van der Waals surface area contributed by atoms with Crippen LogP contribution in [0.15, 0.2) is 59.7 Å². The van der Waals surface area contributed by atoms with E-state index in [0.29, 0.717) is 34.5 Å². The van der Waals surface area contributed by atoms with Crippen LogP contribution in [-0.2, 0) is 6.54 Å². The van der Waals surface area contributed by atoms with Gasteiger partial charge in [0.25, 0.3) is 0 Å². The van der Waals surface area contributed by atoms with E-state index in [1.54, 1.807) is 29.9 Å². The van der Waals surface area contributed by atoms with Gasteiger partial charge in [-0.1, -0.05) is 12.1 Å². The highest BCUT2D eigenvalue weighted by atomic mass is 32.1. The third-order valence-electron chi connectivity index (χ3n) is 5.68. The average Bonchev–Trinajstić information content (AvgIpc) is 3.57. The molecule has 1 aromatic carbocycles. The quantitative estimate of drug-likeness (QED) is 0.349. The minimum atomic E-state index is -0.455. The standard InChI is InChI=1S/C25H20FN7S/c1-33(2)12-14-8-16(10-27-9-14)22-21(26)20-19(11-28-22)31-32-24(20)25-29-18-5-3-4-17(23(18)30-25)15-6-7-34-13-15/h3-11,13H,12H2,1-2H3,(H,29,30)(H,31,32). The molecule has 6 aromatic rings. The fourth-order valence-electron chi connectivity index (χ4n) is 4.21. The van der Waals surface area contributed by atoms with E-state index in [-0.39, 0.29) is 5.69 Å². The van der Waals surface area contributed by atoms with Crippen LogP contribution in [0.2, 0.25) is 0 Å². The molecule has 0 spiro atoms. The second kappa shape index (κ2) is 8.12. The Balaban J connectivity index is 1.50. The summed E-state index contributed by atoms with van der Waals surface area (Å²) in [6, 6.07) is 9.96. The lowest BCUT2D eigenvalue weighted by molar-refractivity contribution is 0.402. The molecule has 0 saturated carbocycles. The maximum Gasteiger partial charge on any atom is 0.161 e. The van der Waals surface area contributed by atoms with E-state index in [9.17, 15) is 0 Å². The summed E-state index contributed by atoms with van der Waals surface area (Å²) in [4.78, 5) is 18.8. The highest BCUT2D eigenvalue weighted by Gasteiger charge is 2.21. The van der Waals surface area contributed by atoms with Crippen LogP contribution in [0.5, 0.6) is 0 Å². The summed E-state index contributed by atoms with van der Waals surface area (Å²) in [6.45, 7) is 0.701. The zero-order valence-corrected chi connectivity index (χ0v) is 19.3. The molecule has 0 aliphatic carbocycles. The van der Waals surface area contributed by atoms with Crippen molar-refractivity contribution in [2.75, 3.05) is 14.1 Å². The van der Waals surface area contributed by atoms with Gasteiger partial charge < -0.3 is 9.88 Å². The van der Waals surface area contributed by atoms with Gasteiger partial charge in [0, 0.05) is 30.1 Å². The monoisotopic (exact) mass is 469 g/mol. The maximum absolute atomic E-state index is 15.9. The minimum absolute atomic E-state index is 0.235. The fourth-order valence-corrected chi connectivity index (χ4v) is 4.87. The first kappa shape index (κ1) is 20.6. The zero-order valence-electron chi connectivity index (χ0n) is 18.5. The van der Waals surface area contributed by atoms with E-state index < -0.39 is 5.82 Å². The Bertz CT molecular complexity index is 1630. The number of imidazole rings is 1. The molecular weight excluding hydrogens is 449 g/mol. The molecule has 0 unspecified atom stereocenters. The molecule has 0 atom stereocenters. The van der Waals surface area contributed by atoms with Gasteiger partial charge in [0.05, 0.1) is 28.1 Å². The van der Waals surface area contributed by atoms with Gasteiger partial charge in [-0.2, -0.15) is 16.4 Å². The molecule has 0 amide bonds. The van der Waals surface area contributed by atoms with Crippen LogP contribution in [-0.4, -0.2) is 49.1 Å². The highest BCUT2D eigenvalue weighted by Crippen LogP contribution is 2.34. The van der Waals surface area contributed by atoms with Gasteiger partial charge in [-0.15, -0.1) is 0 Å². The third kappa shape index (κ3) is 3.46. The van der Waals surface area contributed by atoms with Crippen molar-refractivity contribution >= 4 is 33.3 Å². The zero-order chi connectivity index (χ0) is 23.2. The van der Waals surface area contributed by atoms with Gasteiger partial charge in [-0.25, -0.2) is 9.37 Å². The van der Waals surface area contributed by atoms with Crippen molar-refractivity contribution in [3.8, 4) is 33.9 Å². The number of benzene rings is 1. The molecule has 0 bridgehead atoms. The molecule has 0 aliphatic rings. The lowest BCUT2D eigenvalue weighted by atomic mass is 10.1. The van der Waals surface area contributed by atoms with Crippen molar-refractivity contribution in [3.05, 3.63) is 71.1 Å². The number of pyridine rings is 2. The molecule has 6 rings (SSSR count). The number of hydrogen-bond acceptors (Lipinski definition) is 6. The smallest absolute Gasteiger partial charge is 0.161 e. The first-order valence-corrected chi connectivity index (χ1v) is 11.7. The Hall–Kier alpha value is -3.95. The number of fused-ring (bicyclic) bond motifs is 2. The number of rotatable bonds is 5. The topological polar surface area (TPSA) is 86.4 Å². The van der Waals surface area contributed by atoms with E-state index in [1.165, 1.54) is 0 Å². The van der Waals surface area contributed by atoms with Crippen LogP contribution in [0.25, 0.3) is 55.8 Å². The molecule has 0 fully saturated rings. The summed E-state index contributed by atoms with van der Waals surface area (Å²) in [5.74, 6) is 0.0445. The summed E-state index contributed by atoms with van der Waals surface area (Å²) in [5, 5.41) is 11.8. The summed E-state index contributed by atoms with van der Waals surface area (Å²) in [6.07, 6.45) is 5.01. The molecule has 0 radical (unpaired) electrons. The Labute approximate surface area is 198 Å². The Morgan fingerprint density at radius 1 is 1.03 bits per heavy atom. The number of H-pyrrole nitrogens is 2. The molecular formula is C25H20FN7S. The summed E-state index contributed by atoms with van der Waals surface area (Å²) >= 11 is 1.64. The molecule has 7 nitrogen and oxygen atoms in total. The Kier molecular flexibility index (Phi) is 4.93. The number of thiophene rings is 1. The Morgan fingerprint density at radius 2 is 1.94 bits per heavy atom. The van der Waals surface area contributed by atoms with Gasteiger partial charge >= 0.3 is 0 Å². The molecule has 168 valence electrons. The lowest BCUT2D eigenvalue weighted by Gasteiger charge is -2.10. The molecule has 9 heteroatoms. The minimum Gasteiger partial charge on any atom is -0.337 e. The largest absolute Gasteiger partial charge is 0.337 e. The molecule has 5 aromatic heterocycles. The summed E-state index contributed by atoms with van der Waals surface area (Å²) in [7, 11) is 3.96. The average molecular weight is 470 g/mol. The van der Waals surface area contributed by atoms with Crippen molar-refractivity contribution in [3.63, 3.8) is 0 Å². The van der Waals surface area contributed by atoms with E-state index in [0.717, 1.165) is 27.7 Å². The number of halogens is 1. The van der Waals surface area contributed by atoms with Gasteiger partial charge in [0.15, 0.2) is 11.6 Å². The normalized spacial score (nSPS) is 11.8. The van der Waals surface area contributed by atoms with Crippen LogP contribution < -0.4 is 0 Å². The summed E-state index contributed by atoms with van der Waals surface area (Å²) < 4.78 is 15.9. The van der Waals surface area contributed by atoms with Crippen molar-refractivity contribution < 1.29 is 4.39 Å². The second-order valence-electron chi connectivity index (χ2n) is 8.40. The first-order chi connectivity index (χ1) is 16.6. The van der Waals surface area contributed by atoms with Crippen molar-refractivity contribution in [2.24, 2.45) is 0 Å². The van der Waals surface area contributed by atoms with Crippen LogP contribution in [0.4, 0.5) is 4.39 Å². The number of aromatic nitrogens is 6. The predicted molar refractivity (Wildman–Crippen MR) is 133 cm³/mol. The van der Waals surface area contributed by atoms with Crippen molar-refractivity contribution in [1.82, 2.24) is 35.0 Å². The third-order valence-corrected chi connectivity index (χ3v) is 6.36. The van der Waals surface area contributed by atoms with Crippen LogP contribution in [0.3, 0.4) is 0 Å². The first-order valence-electron chi connectivity index (χ1n) is 10.7. The van der Waals surface area contributed by atoms with E-state index in [2.05, 4.69) is 36.6 Å². The summed E-state index contributed by atoms with van der Waals surface area (Å²) in [5.41, 5.74) is 6.57. The van der Waals surface area contributed by atoms with Gasteiger partial charge in [0.1, 0.15) is 11.4 Å². The lowest BCUT2D eigenvalue weighted by Crippen LogP contribution is -2.10. The highest BCUT2D eigenvalue weighted by molar-refractivity contribution is 7.08. The molecule has 2 N–H and O–H groups in total. The molecule has 0 aliphatic heterocycles. The van der Waals surface area contributed by atoms with Crippen LogP contribution in [0.1, 0.15) is 5.56 Å². The van der Waals surface area contributed by atoms with Crippen molar-refractivity contribution in [2.45, 2.75) is 6.54 Å².